The highest BCUT2D eigenvalue weighted by molar-refractivity contribution is 5.92. The molecule has 2 aromatic rings. The molecule has 4 heteroatoms. The molecule has 1 aliphatic rings. The Hall–Kier alpha value is -1.65. The number of fused-ring (bicyclic) bond motifs is 1. The van der Waals surface area contributed by atoms with E-state index in [2.05, 4.69) is 45.5 Å². The fourth-order valence-electron chi connectivity index (χ4n) is 3.02. The molecule has 2 heterocycles. The summed E-state index contributed by atoms with van der Waals surface area (Å²) in [4.78, 5) is 7.00. The summed E-state index contributed by atoms with van der Waals surface area (Å²) in [6.07, 6.45) is 4.42. The molecule has 4 nitrogen and oxygen atoms in total. The average molecular weight is 285 g/mol. The number of aromatic nitrogens is 1. The predicted molar refractivity (Wildman–Crippen MR) is 86.9 cm³/mol. The minimum absolute atomic E-state index is 0.558. The van der Waals surface area contributed by atoms with Gasteiger partial charge in [-0.15, -0.1) is 0 Å². The number of hydrogen-bond acceptors (Lipinski definition) is 4. The van der Waals surface area contributed by atoms with Crippen molar-refractivity contribution in [3.63, 3.8) is 0 Å². The van der Waals surface area contributed by atoms with Gasteiger partial charge in [0, 0.05) is 37.8 Å². The average Bonchev–Trinajstić information content (AvgIpc) is 3.04. The molecular weight excluding hydrogens is 262 g/mol. The molecule has 0 spiro atoms. The number of nitrogens with one attached hydrogen (secondary N) is 1. The number of pyridine rings is 1. The van der Waals surface area contributed by atoms with Crippen LogP contribution >= 0.6 is 0 Å². The highest BCUT2D eigenvalue weighted by Crippen LogP contribution is 2.24. The summed E-state index contributed by atoms with van der Waals surface area (Å²) in [5.41, 5.74) is 0. The molecule has 1 unspecified atom stereocenters. The van der Waals surface area contributed by atoms with E-state index in [1.54, 1.807) is 7.11 Å². The Labute approximate surface area is 126 Å². The molecule has 112 valence electrons. The van der Waals surface area contributed by atoms with Crippen molar-refractivity contribution in [2.24, 2.45) is 0 Å². The van der Waals surface area contributed by atoms with Crippen LogP contribution in [-0.2, 0) is 4.74 Å². The quantitative estimate of drug-likeness (QED) is 0.884. The SMILES string of the molecule is COCCN(CC1CCCN1)c1nccc2ccccc12. The van der Waals surface area contributed by atoms with E-state index in [0.717, 1.165) is 32.1 Å². The predicted octanol–water partition coefficient (Wildman–Crippen LogP) is 2.44. The number of benzene rings is 1. The van der Waals surface area contributed by atoms with Crippen molar-refractivity contribution in [1.29, 1.82) is 0 Å². The van der Waals surface area contributed by atoms with Crippen LogP contribution in [0.5, 0.6) is 0 Å². The zero-order valence-corrected chi connectivity index (χ0v) is 12.6. The number of nitrogens with zero attached hydrogens (tertiary/aromatic N) is 2. The van der Waals surface area contributed by atoms with E-state index in [0.29, 0.717) is 6.04 Å². The molecule has 1 N–H and O–H groups in total. The van der Waals surface area contributed by atoms with Crippen LogP contribution in [0.25, 0.3) is 10.8 Å². The van der Waals surface area contributed by atoms with Crippen molar-refractivity contribution in [3.05, 3.63) is 36.5 Å². The largest absolute Gasteiger partial charge is 0.383 e. The Morgan fingerprint density at radius 2 is 2.24 bits per heavy atom. The lowest BCUT2D eigenvalue weighted by atomic mass is 10.1. The molecule has 1 saturated heterocycles. The molecule has 1 fully saturated rings. The smallest absolute Gasteiger partial charge is 0.136 e. The van der Waals surface area contributed by atoms with Gasteiger partial charge < -0.3 is 15.0 Å². The van der Waals surface area contributed by atoms with Gasteiger partial charge in [-0.1, -0.05) is 24.3 Å². The third kappa shape index (κ3) is 3.34. The van der Waals surface area contributed by atoms with Gasteiger partial charge in [-0.3, -0.25) is 0 Å². The summed E-state index contributed by atoms with van der Waals surface area (Å²) in [7, 11) is 1.75. The Balaban J connectivity index is 1.89. The van der Waals surface area contributed by atoms with Crippen LogP contribution in [0.15, 0.2) is 36.5 Å². The molecule has 3 rings (SSSR count). The van der Waals surface area contributed by atoms with Crippen LogP contribution in [0.2, 0.25) is 0 Å². The van der Waals surface area contributed by atoms with Crippen LogP contribution in [0.1, 0.15) is 12.8 Å². The van der Waals surface area contributed by atoms with E-state index in [1.165, 1.54) is 23.6 Å². The van der Waals surface area contributed by atoms with E-state index in [1.807, 2.05) is 6.20 Å². The molecule has 0 saturated carbocycles. The molecule has 0 bridgehead atoms. The van der Waals surface area contributed by atoms with Crippen molar-refractivity contribution >= 4 is 16.6 Å². The second-order valence-electron chi connectivity index (χ2n) is 5.59. The maximum absolute atomic E-state index is 5.28. The molecule has 1 atom stereocenters. The summed E-state index contributed by atoms with van der Waals surface area (Å²) in [6, 6.07) is 11.1. The summed E-state index contributed by atoms with van der Waals surface area (Å²) in [6.45, 7) is 3.71. The molecule has 1 aliphatic heterocycles. The second-order valence-corrected chi connectivity index (χ2v) is 5.59. The van der Waals surface area contributed by atoms with Gasteiger partial charge in [0.2, 0.25) is 0 Å². The molecule has 0 amide bonds. The maximum atomic E-state index is 5.28. The lowest BCUT2D eigenvalue weighted by Gasteiger charge is -2.27. The summed E-state index contributed by atoms with van der Waals surface area (Å²) < 4.78 is 5.28. The lowest BCUT2D eigenvalue weighted by Crippen LogP contribution is -2.39. The normalized spacial score (nSPS) is 18.2. The van der Waals surface area contributed by atoms with Crippen molar-refractivity contribution in [1.82, 2.24) is 10.3 Å². The third-order valence-electron chi connectivity index (χ3n) is 4.12. The second kappa shape index (κ2) is 6.87. The Morgan fingerprint density at radius 3 is 3.05 bits per heavy atom. The van der Waals surface area contributed by atoms with Gasteiger partial charge in [0.1, 0.15) is 5.82 Å². The maximum Gasteiger partial charge on any atom is 0.136 e. The molecule has 1 aromatic heterocycles. The molecule has 0 radical (unpaired) electrons. The number of ether oxygens (including phenoxy) is 1. The van der Waals surface area contributed by atoms with Crippen molar-refractivity contribution in [3.8, 4) is 0 Å². The van der Waals surface area contributed by atoms with E-state index in [4.69, 9.17) is 4.74 Å². The van der Waals surface area contributed by atoms with Gasteiger partial charge in [-0.25, -0.2) is 4.98 Å². The van der Waals surface area contributed by atoms with E-state index >= 15 is 0 Å². The van der Waals surface area contributed by atoms with E-state index in [9.17, 15) is 0 Å². The summed E-state index contributed by atoms with van der Waals surface area (Å²) >= 11 is 0. The Kier molecular flexibility index (Phi) is 4.68. The first kappa shape index (κ1) is 14.3. The number of methoxy groups -OCH3 is 1. The molecular formula is C17H23N3O. The van der Waals surface area contributed by atoms with Gasteiger partial charge in [0.05, 0.1) is 6.61 Å². The van der Waals surface area contributed by atoms with Crippen LogP contribution in [-0.4, -0.2) is 44.4 Å². The monoisotopic (exact) mass is 285 g/mol. The highest BCUT2D eigenvalue weighted by Gasteiger charge is 2.20. The summed E-state index contributed by atoms with van der Waals surface area (Å²) in [5.74, 6) is 1.07. The van der Waals surface area contributed by atoms with Gasteiger partial charge in [-0.2, -0.15) is 0 Å². The van der Waals surface area contributed by atoms with Gasteiger partial charge in [0.15, 0.2) is 0 Å². The van der Waals surface area contributed by atoms with Crippen molar-refractivity contribution in [2.75, 3.05) is 38.3 Å². The topological polar surface area (TPSA) is 37.4 Å². The van der Waals surface area contributed by atoms with Gasteiger partial charge in [0.25, 0.3) is 0 Å². The lowest BCUT2D eigenvalue weighted by molar-refractivity contribution is 0.204. The number of anilines is 1. The van der Waals surface area contributed by atoms with Crippen LogP contribution in [0, 0.1) is 0 Å². The zero-order valence-electron chi connectivity index (χ0n) is 12.6. The molecule has 0 aliphatic carbocycles. The van der Waals surface area contributed by atoms with E-state index < -0.39 is 0 Å². The van der Waals surface area contributed by atoms with E-state index in [-0.39, 0.29) is 0 Å². The first-order valence-electron chi connectivity index (χ1n) is 7.69. The van der Waals surface area contributed by atoms with Crippen LogP contribution in [0.4, 0.5) is 5.82 Å². The fourth-order valence-corrected chi connectivity index (χ4v) is 3.02. The molecule has 1 aromatic carbocycles. The van der Waals surface area contributed by atoms with Crippen molar-refractivity contribution in [2.45, 2.75) is 18.9 Å². The summed E-state index contributed by atoms with van der Waals surface area (Å²) in [5, 5.41) is 6.03. The van der Waals surface area contributed by atoms with Crippen LogP contribution < -0.4 is 10.2 Å². The van der Waals surface area contributed by atoms with Crippen LogP contribution in [0.3, 0.4) is 0 Å². The minimum Gasteiger partial charge on any atom is -0.383 e. The van der Waals surface area contributed by atoms with Crippen molar-refractivity contribution < 1.29 is 4.74 Å². The Morgan fingerprint density at radius 1 is 1.33 bits per heavy atom. The minimum atomic E-state index is 0.558. The standard InChI is InChI=1S/C17H23N3O/c1-21-12-11-20(13-15-6-4-9-18-15)17-16-7-3-2-5-14(16)8-10-19-17/h2-3,5,7-8,10,15,18H,4,6,9,11-13H2,1H3. The fraction of sp³-hybridized carbons (Fsp3) is 0.471. The first-order valence-corrected chi connectivity index (χ1v) is 7.69. The number of rotatable bonds is 6. The zero-order chi connectivity index (χ0) is 14.5. The molecule has 21 heavy (non-hydrogen) atoms. The van der Waals surface area contributed by atoms with Gasteiger partial charge in [-0.05, 0) is 30.8 Å². The Bertz CT molecular complexity index is 576. The van der Waals surface area contributed by atoms with Gasteiger partial charge >= 0.3 is 0 Å². The first-order chi connectivity index (χ1) is 10.4. The highest BCUT2D eigenvalue weighted by atomic mass is 16.5. The number of hydrogen-bond donors (Lipinski definition) is 1. The third-order valence-corrected chi connectivity index (χ3v) is 4.12.